The number of fused-ring (bicyclic) bond motifs is 1. The van der Waals surface area contributed by atoms with E-state index in [1.165, 1.54) is 24.3 Å². The summed E-state index contributed by atoms with van der Waals surface area (Å²) in [6.45, 7) is 2.82. The van der Waals surface area contributed by atoms with Crippen molar-refractivity contribution in [3.05, 3.63) is 59.0 Å². The van der Waals surface area contributed by atoms with Gasteiger partial charge in [0, 0.05) is 18.8 Å². The number of nitrogens with zero attached hydrogens (tertiary/aromatic N) is 2. The summed E-state index contributed by atoms with van der Waals surface area (Å²) in [5.74, 6) is -1.10. The van der Waals surface area contributed by atoms with Gasteiger partial charge in [0.2, 0.25) is 5.91 Å². The summed E-state index contributed by atoms with van der Waals surface area (Å²) in [7, 11) is -3.93. The van der Waals surface area contributed by atoms with Crippen LogP contribution in [0.25, 0.3) is 5.65 Å². The molecule has 0 aliphatic carbocycles. The van der Waals surface area contributed by atoms with Crippen molar-refractivity contribution < 1.29 is 18.0 Å². The molecule has 0 fully saturated rings. The third-order valence-corrected chi connectivity index (χ3v) is 5.34. The molecule has 0 aliphatic rings. The van der Waals surface area contributed by atoms with Crippen LogP contribution in [-0.4, -0.2) is 29.6 Å². The van der Waals surface area contributed by atoms with E-state index in [-0.39, 0.29) is 4.90 Å². The van der Waals surface area contributed by atoms with Gasteiger partial charge in [-0.25, -0.2) is 18.1 Å². The highest BCUT2D eigenvalue weighted by atomic mass is 35.5. The molecular weight excluding hydrogens is 392 g/mol. The average Bonchev–Trinajstić information content (AvgIpc) is 2.89. The molecule has 2 aromatic heterocycles. The minimum absolute atomic E-state index is 0.0894. The molecule has 3 rings (SSSR count). The number of carbonyl (C=O) groups excluding carboxylic acids is 2. The fraction of sp³-hybridized carbons (Fsp3) is 0.118. The van der Waals surface area contributed by atoms with Crippen molar-refractivity contribution in [1.82, 2.24) is 14.1 Å². The molecule has 0 saturated carbocycles. The highest BCUT2D eigenvalue weighted by Gasteiger charge is 2.18. The Hall–Kier alpha value is -2.91. The maximum atomic E-state index is 12.7. The summed E-state index contributed by atoms with van der Waals surface area (Å²) in [6, 6.07) is 8.82. The highest BCUT2D eigenvalue weighted by molar-refractivity contribution is 7.90. The zero-order valence-corrected chi connectivity index (χ0v) is 15.9. The summed E-state index contributed by atoms with van der Waals surface area (Å²) in [5, 5.41) is 3.15. The van der Waals surface area contributed by atoms with Gasteiger partial charge in [-0.1, -0.05) is 11.6 Å². The Labute approximate surface area is 160 Å². The number of aryl methyl sites for hydroxylation is 1. The van der Waals surface area contributed by atoms with Gasteiger partial charge in [-0.3, -0.25) is 14.0 Å². The second-order valence-electron chi connectivity index (χ2n) is 5.76. The molecular formula is C17H15ClN4O4S. The predicted octanol–water partition coefficient (Wildman–Crippen LogP) is 2.37. The number of pyridine rings is 1. The number of sulfonamides is 1. The van der Waals surface area contributed by atoms with Crippen molar-refractivity contribution in [3.63, 3.8) is 0 Å². The molecule has 0 unspecified atom stereocenters. The summed E-state index contributed by atoms with van der Waals surface area (Å²) in [5.41, 5.74) is 1.82. The number of hydrogen-bond donors (Lipinski definition) is 2. The van der Waals surface area contributed by atoms with Crippen LogP contribution in [0.1, 0.15) is 23.1 Å². The number of anilines is 1. The standard InChI is InChI=1S/C17H15ClN4O4S/c1-10-16(22-9-12(18)3-8-15(22)19-10)17(24)20-13-4-6-14(7-5-13)27(25,26)21-11(2)23/h3-9H,1-2H3,(H,20,24)(H,21,23). The van der Waals surface area contributed by atoms with E-state index >= 15 is 0 Å². The van der Waals surface area contributed by atoms with Crippen molar-refractivity contribution in [1.29, 1.82) is 0 Å². The predicted molar refractivity (Wildman–Crippen MR) is 100 cm³/mol. The van der Waals surface area contributed by atoms with E-state index in [1.54, 1.807) is 29.7 Å². The highest BCUT2D eigenvalue weighted by Crippen LogP contribution is 2.19. The van der Waals surface area contributed by atoms with Gasteiger partial charge in [0.1, 0.15) is 11.3 Å². The van der Waals surface area contributed by atoms with Crippen LogP contribution in [0, 0.1) is 6.92 Å². The van der Waals surface area contributed by atoms with Crippen LogP contribution in [0.15, 0.2) is 47.5 Å². The first-order valence-electron chi connectivity index (χ1n) is 7.76. The number of rotatable bonds is 4. The lowest BCUT2D eigenvalue weighted by Gasteiger charge is -2.08. The minimum atomic E-state index is -3.93. The molecule has 0 spiro atoms. The molecule has 0 aliphatic heterocycles. The Balaban J connectivity index is 1.86. The fourth-order valence-electron chi connectivity index (χ4n) is 2.57. The lowest BCUT2D eigenvalue weighted by molar-refractivity contribution is -0.117. The molecule has 10 heteroatoms. The van der Waals surface area contributed by atoms with Crippen molar-refractivity contribution in [3.8, 4) is 0 Å². The summed E-state index contributed by atoms with van der Waals surface area (Å²) in [6.07, 6.45) is 1.59. The largest absolute Gasteiger partial charge is 0.321 e. The normalized spacial score (nSPS) is 11.4. The molecule has 0 bridgehead atoms. The van der Waals surface area contributed by atoms with E-state index in [1.807, 2.05) is 4.72 Å². The van der Waals surface area contributed by atoms with Crippen LogP contribution in [0.2, 0.25) is 5.02 Å². The fourth-order valence-corrected chi connectivity index (χ4v) is 3.72. The second kappa shape index (κ2) is 7.01. The van der Waals surface area contributed by atoms with Crippen molar-refractivity contribution >= 4 is 44.8 Å². The molecule has 0 saturated heterocycles. The zero-order chi connectivity index (χ0) is 19.8. The van der Waals surface area contributed by atoms with Gasteiger partial charge in [0.05, 0.1) is 15.6 Å². The van der Waals surface area contributed by atoms with E-state index in [2.05, 4.69) is 10.3 Å². The minimum Gasteiger partial charge on any atom is -0.321 e. The Bertz CT molecular complexity index is 1150. The first kappa shape index (κ1) is 18.9. The monoisotopic (exact) mass is 406 g/mol. The van der Waals surface area contributed by atoms with Crippen molar-refractivity contribution in [2.45, 2.75) is 18.7 Å². The number of aromatic nitrogens is 2. The van der Waals surface area contributed by atoms with Gasteiger partial charge in [-0.2, -0.15) is 0 Å². The van der Waals surface area contributed by atoms with E-state index in [4.69, 9.17) is 11.6 Å². The molecule has 1 aromatic carbocycles. The number of carbonyl (C=O) groups is 2. The number of hydrogen-bond acceptors (Lipinski definition) is 5. The third-order valence-electron chi connectivity index (χ3n) is 3.67. The molecule has 2 N–H and O–H groups in total. The molecule has 27 heavy (non-hydrogen) atoms. The van der Waals surface area contributed by atoms with E-state index in [9.17, 15) is 18.0 Å². The summed E-state index contributed by atoms with van der Waals surface area (Å²) < 4.78 is 27.3. The van der Waals surface area contributed by atoms with Gasteiger partial charge in [0.15, 0.2) is 0 Å². The van der Waals surface area contributed by atoms with Gasteiger partial charge in [-0.15, -0.1) is 0 Å². The van der Waals surface area contributed by atoms with Gasteiger partial charge < -0.3 is 5.32 Å². The van der Waals surface area contributed by atoms with Crippen LogP contribution in [0.4, 0.5) is 5.69 Å². The Morgan fingerprint density at radius 2 is 1.78 bits per heavy atom. The number of halogens is 1. The van der Waals surface area contributed by atoms with Crippen molar-refractivity contribution in [2.24, 2.45) is 0 Å². The van der Waals surface area contributed by atoms with Crippen molar-refractivity contribution in [2.75, 3.05) is 5.32 Å². The molecule has 0 atom stereocenters. The Morgan fingerprint density at radius 3 is 2.41 bits per heavy atom. The van der Waals surface area contributed by atoms with E-state index < -0.39 is 21.8 Å². The van der Waals surface area contributed by atoms with E-state index in [0.29, 0.717) is 27.7 Å². The van der Waals surface area contributed by atoms with Crippen LogP contribution in [0.3, 0.4) is 0 Å². The Kier molecular flexibility index (Phi) is 4.90. The number of benzene rings is 1. The van der Waals surface area contributed by atoms with E-state index in [0.717, 1.165) is 6.92 Å². The number of amides is 2. The lowest BCUT2D eigenvalue weighted by Crippen LogP contribution is -2.28. The number of nitrogens with one attached hydrogen (secondary N) is 2. The van der Waals surface area contributed by atoms with Gasteiger partial charge >= 0.3 is 0 Å². The molecule has 8 nitrogen and oxygen atoms in total. The maximum absolute atomic E-state index is 12.7. The average molecular weight is 407 g/mol. The number of imidazole rings is 1. The first-order valence-corrected chi connectivity index (χ1v) is 9.62. The SMILES string of the molecule is CC(=O)NS(=O)(=O)c1ccc(NC(=O)c2c(C)nc3ccc(Cl)cn23)cc1. The summed E-state index contributed by atoms with van der Waals surface area (Å²) in [4.78, 5) is 27.9. The van der Waals surface area contributed by atoms with Crippen LogP contribution in [0.5, 0.6) is 0 Å². The molecule has 3 aromatic rings. The van der Waals surface area contributed by atoms with Crippen LogP contribution in [-0.2, 0) is 14.8 Å². The Morgan fingerprint density at radius 1 is 1.11 bits per heavy atom. The van der Waals surface area contributed by atoms with Crippen LogP contribution < -0.4 is 10.0 Å². The van der Waals surface area contributed by atoms with Gasteiger partial charge in [0.25, 0.3) is 15.9 Å². The molecule has 2 heterocycles. The zero-order valence-electron chi connectivity index (χ0n) is 14.4. The lowest BCUT2D eigenvalue weighted by atomic mass is 10.3. The third kappa shape index (κ3) is 3.93. The molecule has 2 amide bonds. The maximum Gasteiger partial charge on any atom is 0.274 e. The second-order valence-corrected chi connectivity index (χ2v) is 7.88. The summed E-state index contributed by atoms with van der Waals surface area (Å²) >= 11 is 5.99. The molecule has 0 radical (unpaired) electrons. The first-order chi connectivity index (χ1) is 12.7. The van der Waals surface area contributed by atoms with Gasteiger partial charge in [-0.05, 0) is 43.3 Å². The smallest absolute Gasteiger partial charge is 0.274 e. The topological polar surface area (TPSA) is 110 Å². The quantitative estimate of drug-likeness (QED) is 0.691. The van der Waals surface area contributed by atoms with Crippen LogP contribution >= 0.6 is 11.6 Å². The molecule has 140 valence electrons.